The second kappa shape index (κ2) is 6.29. The highest BCUT2D eigenvalue weighted by Crippen LogP contribution is 2.30. The van der Waals surface area contributed by atoms with Crippen molar-refractivity contribution in [3.05, 3.63) is 78.6 Å². The lowest BCUT2D eigenvalue weighted by Gasteiger charge is -2.25. The smallest absolute Gasteiger partial charge is 0.272 e. The average molecular weight is 415 g/mol. The van der Waals surface area contributed by atoms with Gasteiger partial charge in [0.05, 0.1) is 5.57 Å². The first-order valence-electron chi connectivity index (χ1n) is 8.41. The number of halogens is 2. The summed E-state index contributed by atoms with van der Waals surface area (Å²) < 4.78 is 15.5. The van der Waals surface area contributed by atoms with E-state index < -0.39 is 11.7 Å². The van der Waals surface area contributed by atoms with Gasteiger partial charge in [-0.25, -0.2) is 9.38 Å². The molecule has 140 valence electrons. The number of hydrogen-bond acceptors (Lipinski definition) is 5. The van der Waals surface area contributed by atoms with Gasteiger partial charge in [-0.2, -0.15) is 0 Å². The van der Waals surface area contributed by atoms with E-state index in [2.05, 4.69) is 10.3 Å². The van der Waals surface area contributed by atoms with Crippen LogP contribution in [0, 0.1) is 5.82 Å². The number of amides is 1. The summed E-state index contributed by atoms with van der Waals surface area (Å²) in [5.74, 6) is -0.876. The van der Waals surface area contributed by atoms with Gasteiger partial charge in [0.1, 0.15) is 23.7 Å². The Balaban J connectivity index is 1.65. The summed E-state index contributed by atoms with van der Waals surface area (Å²) in [6.07, 6.45) is 0. The number of rotatable bonds is 1. The SMILES string of the molecule is O=C1Nc2ccc(F)cc2/C1=c1/sc2n(c1=O)CN(c1ccc(Cl)cc1)CN=2. The highest BCUT2D eigenvalue weighted by atomic mass is 35.5. The second-order valence-corrected chi connectivity index (χ2v) is 7.84. The fourth-order valence-electron chi connectivity index (χ4n) is 3.34. The first kappa shape index (κ1) is 17.2. The van der Waals surface area contributed by atoms with Crippen molar-refractivity contribution in [1.82, 2.24) is 4.57 Å². The van der Waals surface area contributed by atoms with E-state index in [1.807, 2.05) is 17.0 Å². The lowest BCUT2D eigenvalue weighted by molar-refractivity contribution is -0.110. The molecule has 28 heavy (non-hydrogen) atoms. The standard InChI is InChI=1S/C19H12ClFN4O2S/c20-10-1-4-12(5-2-10)24-8-22-19-25(9-24)18(27)16(28-19)15-13-7-11(21)3-6-14(13)23-17(15)26/h1-7H,8-9H2,(H,23,26)/b16-15-. The molecular formula is C19H12ClFN4O2S. The van der Waals surface area contributed by atoms with Crippen LogP contribution in [0.1, 0.15) is 5.56 Å². The van der Waals surface area contributed by atoms with E-state index in [4.69, 9.17) is 11.6 Å². The number of hydrogen-bond donors (Lipinski definition) is 1. The molecule has 0 saturated carbocycles. The zero-order chi connectivity index (χ0) is 19.4. The zero-order valence-electron chi connectivity index (χ0n) is 14.3. The molecule has 0 fully saturated rings. The maximum Gasteiger partial charge on any atom is 0.272 e. The first-order chi connectivity index (χ1) is 13.5. The van der Waals surface area contributed by atoms with Crippen LogP contribution in [0.3, 0.4) is 0 Å². The molecule has 0 bridgehead atoms. The third kappa shape index (κ3) is 2.64. The molecule has 3 aromatic rings. The largest absolute Gasteiger partial charge is 0.334 e. The Morgan fingerprint density at radius 2 is 1.93 bits per heavy atom. The number of carbonyl (C=O) groups is 1. The molecule has 2 aromatic carbocycles. The van der Waals surface area contributed by atoms with Crippen LogP contribution in [0.15, 0.2) is 52.3 Å². The number of aromatic nitrogens is 1. The van der Waals surface area contributed by atoms with Gasteiger partial charge in [-0.05, 0) is 42.5 Å². The van der Waals surface area contributed by atoms with Crippen LogP contribution in [0.4, 0.5) is 15.8 Å². The average Bonchev–Trinajstić information content (AvgIpc) is 3.17. The minimum atomic E-state index is -0.465. The summed E-state index contributed by atoms with van der Waals surface area (Å²) in [5, 5.41) is 3.31. The fourth-order valence-corrected chi connectivity index (χ4v) is 4.53. The van der Waals surface area contributed by atoms with Gasteiger partial charge < -0.3 is 10.2 Å². The number of anilines is 2. The number of benzene rings is 2. The minimum Gasteiger partial charge on any atom is -0.334 e. The molecule has 0 spiro atoms. The molecule has 1 amide bonds. The van der Waals surface area contributed by atoms with Crippen LogP contribution in [0.5, 0.6) is 0 Å². The van der Waals surface area contributed by atoms with Gasteiger partial charge in [0, 0.05) is 22.0 Å². The van der Waals surface area contributed by atoms with Crippen LogP contribution in [-0.2, 0) is 11.5 Å². The topological polar surface area (TPSA) is 66.7 Å². The predicted molar refractivity (Wildman–Crippen MR) is 106 cm³/mol. The Labute approximate surface area is 166 Å². The monoisotopic (exact) mass is 414 g/mol. The van der Waals surface area contributed by atoms with Crippen LogP contribution >= 0.6 is 22.9 Å². The quantitative estimate of drug-likeness (QED) is 0.661. The van der Waals surface area contributed by atoms with Gasteiger partial charge >= 0.3 is 0 Å². The Bertz CT molecular complexity index is 1310. The Morgan fingerprint density at radius 3 is 2.71 bits per heavy atom. The molecule has 1 aromatic heterocycles. The summed E-state index contributed by atoms with van der Waals surface area (Å²) in [6.45, 7) is 0.689. The van der Waals surface area contributed by atoms with Crippen LogP contribution < -0.4 is 25.1 Å². The number of thiazole rings is 1. The van der Waals surface area contributed by atoms with E-state index in [-0.39, 0.29) is 15.7 Å². The van der Waals surface area contributed by atoms with Gasteiger partial charge in [-0.1, -0.05) is 22.9 Å². The maximum absolute atomic E-state index is 13.7. The van der Waals surface area contributed by atoms with Gasteiger partial charge in [0.15, 0.2) is 4.80 Å². The summed E-state index contributed by atoms with van der Waals surface area (Å²) >= 11 is 7.08. The third-order valence-electron chi connectivity index (χ3n) is 4.70. The van der Waals surface area contributed by atoms with E-state index in [1.54, 1.807) is 12.1 Å². The fraction of sp³-hybridized carbons (Fsp3) is 0.105. The molecule has 3 heterocycles. The summed E-state index contributed by atoms with van der Waals surface area (Å²) in [4.78, 5) is 32.4. The Kier molecular flexibility index (Phi) is 3.85. The lowest BCUT2D eigenvalue weighted by atomic mass is 10.1. The van der Waals surface area contributed by atoms with Crippen molar-refractivity contribution < 1.29 is 9.18 Å². The van der Waals surface area contributed by atoms with E-state index in [1.165, 1.54) is 22.8 Å². The molecule has 5 rings (SSSR count). The van der Waals surface area contributed by atoms with Gasteiger partial charge in [0.2, 0.25) is 0 Å². The van der Waals surface area contributed by atoms with Gasteiger partial charge in [-0.3, -0.25) is 14.2 Å². The van der Waals surface area contributed by atoms with Crippen molar-refractivity contribution in [3.63, 3.8) is 0 Å². The van der Waals surface area contributed by atoms with Crippen molar-refractivity contribution >= 4 is 45.8 Å². The molecule has 0 saturated heterocycles. The van der Waals surface area contributed by atoms with Crippen molar-refractivity contribution in [1.29, 1.82) is 0 Å². The Morgan fingerprint density at radius 1 is 1.14 bits per heavy atom. The number of carbonyl (C=O) groups excluding carboxylic acids is 1. The highest BCUT2D eigenvalue weighted by Gasteiger charge is 2.28. The van der Waals surface area contributed by atoms with Crippen molar-refractivity contribution in [2.24, 2.45) is 4.99 Å². The third-order valence-corrected chi connectivity index (χ3v) is 6.06. The molecule has 6 nitrogen and oxygen atoms in total. The zero-order valence-corrected chi connectivity index (χ0v) is 15.9. The van der Waals surface area contributed by atoms with E-state index in [0.717, 1.165) is 17.0 Å². The number of fused-ring (bicyclic) bond motifs is 2. The molecule has 2 aliphatic heterocycles. The number of nitrogens with zero attached hydrogens (tertiary/aromatic N) is 3. The predicted octanol–water partition coefficient (Wildman–Crippen LogP) is 1.91. The van der Waals surface area contributed by atoms with Crippen molar-refractivity contribution in [3.8, 4) is 0 Å². The van der Waals surface area contributed by atoms with E-state index in [9.17, 15) is 14.0 Å². The molecule has 0 radical (unpaired) electrons. The summed E-state index contributed by atoms with van der Waals surface area (Å²) in [5.41, 5.74) is 1.66. The molecule has 1 N–H and O–H groups in total. The molecule has 0 unspecified atom stereocenters. The van der Waals surface area contributed by atoms with Crippen LogP contribution in [0.2, 0.25) is 5.02 Å². The lowest BCUT2D eigenvalue weighted by Crippen LogP contribution is -2.43. The van der Waals surface area contributed by atoms with E-state index >= 15 is 0 Å². The van der Waals surface area contributed by atoms with Crippen LogP contribution in [0.25, 0.3) is 5.57 Å². The van der Waals surface area contributed by atoms with Gasteiger partial charge in [0.25, 0.3) is 11.5 Å². The molecule has 9 heteroatoms. The van der Waals surface area contributed by atoms with E-state index in [0.29, 0.717) is 34.4 Å². The van der Waals surface area contributed by atoms with Gasteiger partial charge in [-0.15, -0.1) is 0 Å². The number of nitrogens with one attached hydrogen (secondary N) is 1. The second-order valence-electron chi connectivity index (χ2n) is 6.42. The maximum atomic E-state index is 13.7. The first-order valence-corrected chi connectivity index (χ1v) is 9.61. The molecular weight excluding hydrogens is 403 g/mol. The Hall–Kier alpha value is -2.97. The normalized spacial score (nSPS) is 17.1. The van der Waals surface area contributed by atoms with Crippen molar-refractivity contribution in [2.45, 2.75) is 6.67 Å². The molecule has 0 atom stereocenters. The summed E-state index contributed by atoms with van der Waals surface area (Å²) in [6, 6.07) is 11.3. The van der Waals surface area contributed by atoms with Crippen LogP contribution in [-0.4, -0.2) is 17.1 Å². The molecule has 2 aliphatic rings. The minimum absolute atomic E-state index is 0.194. The summed E-state index contributed by atoms with van der Waals surface area (Å²) in [7, 11) is 0. The van der Waals surface area contributed by atoms with Crippen molar-refractivity contribution in [2.75, 3.05) is 16.9 Å². The highest BCUT2D eigenvalue weighted by molar-refractivity contribution is 7.07. The molecule has 0 aliphatic carbocycles.